The van der Waals surface area contributed by atoms with Gasteiger partial charge in [0.1, 0.15) is 12.4 Å². The molecule has 1 aromatic heterocycles. The Morgan fingerprint density at radius 3 is 2.89 bits per heavy atom. The Hall–Kier alpha value is -2.25. The summed E-state index contributed by atoms with van der Waals surface area (Å²) >= 11 is 0. The molecule has 2 saturated heterocycles. The number of likely N-dealkylation sites (tertiary alicyclic amines) is 2. The summed E-state index contributed by atoms with van der Waals surface area (Å²) in [7, 11) is 3.53. The highest BCUT2D eigenvalue weighted by atomic mass is 19.1. The molecular weight excluding hydrogens is 347 g/mol. The zero-order valence-electron chi connectivity index (χ0n) is 15.7. The van der Waals surface area contributed by atoms with Crippen LogP contribution < -0.4 is 0 Å². The van der Waals surface area contributed by atoms with E-state index in [1.165, 1.54) is 18.9 Å². The Bertz CT molecular complexity index is 824. The number of ether oxygens (including phenoxy) is 1. The first-order chi connectivity index (χ1) is 13.1. The van der Waals surface area contributed by atoms with Crippen molar-refractivity contribution in [2.75, 3.05) is 33.4 Å². The summed E-state index contributed by atoms with van der Waals surface area (Å²) in [6, 6.07) is 6.54. The number of halogens is 1. The van der Waals surface area contributed by atoms with Gasteiger partial charge in [0.05, 0.1) is 18.1 Å². The van der Waals surface area contributed by atoms with Crippen molar-refractivity contribution in [1.82, 2.24) is 19.4 Å². The highest BCUT2D eigenvalue weighted by Crippen LogP contribution is 2.45. The zero-order chi connectivity index (χ0) is 19.0. The fraction of sp³-hybridized carbons (Fsp3) is 0.500. The smallest absolute Gasteiger partial charge is 0.249 e. The van der Waals surface area contributed by atoms with Gasteiger partial charge in [-0.1, -0.05) is 12.1 Å². The largest absolute Gasteiger partial charge is 0.375 e. The van der Waals surface area contributed by atoms with Crippen LogP contribution in [0.1, 0.15) is 17.3 Å². The van der Waals surface area contributed by atoms with Crippen LogP contribution >= 0.6 is 0 Å². The molecule has 2 aliphatic heterocycles. The van der Waals surface area contributed by atoms with Gasteiger partial charge in [-0.15, -0.1) is 0 Å². The third kappa shape index (κ3) is 3.49. The average Bonchev–Trinajstić information content (AvgIpc) is 3.30. The maximum Gasteiger partial charge on any atom is 0.249 e. The molecular formula is C20H25FN4O2. The number of aryl methyl sites for hydroxylation is 1. The lowest BCUT2D eigenvalue weighted by molar-refractivity contribution is -0.136. The number of nitrogens with zero attached hydrogens (tertiary/aromatic N) is 4. The molecule has 0 bridgehead atoms. The number of imidazole rings is 1. The number of hydrogen-bond donors (Lipinski definition) is 0. The molecule has 0 spiro atoms. The minimum atomic E-state index is -0.264. The Morgan fingerprint density at radius 1 is 1.33 bits per heavy atom. The summed E-state index contributed by atoms with van der Waals surface area (Å²) in [5.41, 5.74) is 2.04. The predicted molar refractivity (Wildman–Crippen MR) is 98.2 cm³/mol. The standard InChI is InChI=1S/C20H25FN4O2/c1-23-13-22-7-17(23)10-24-8-15-9-25(19(26)12-27-2)20(18(15)11-24)14-4-3-5-16(21)6-14/h3-7,13,15,18,20H,8-12H2,1-2H3/t15-,18-,20+/m1/s1. The first-order valence-electron chi connectivity index (χ1n) is 9.28. The average molecular weight is 372 g/mol. The van der Waals surface area contributed by atoms with Crippen LogP contribution in [-0.4, -0.2) is 58.6 Å². The van der Waals surface area contributed by atoms with Gasteiger partial charge in [-0.3, -0.25) is 9.69 Å². The molecule has 2 aromatic rings. The molecule has 1 aromatic carbocycles. The first-order valence-corrected chi connectivity index (χ1v) is 9.28. The molecule has 7 heteroatoms. The Morgan fingerprint density at radius 2 is 2.19 bits per heavy atom. The summed E-state index contributed by atoms with van der Waals surface area (Å²) in [6.45, 7) is 3.40. The van der Waals surface area contributed by atoms with Crippen molar-refractivity contribution < 1.29 is 13.9 Å². The molecule has 2 aliphatic rings. The van der Waals surface area contributed by atoms with E-state index >= 15 is 0 Å². The summed E-state index contributed by atoms with van der Waals surface area (Å²) in [6.07, 6.45) is 3.71. The van der Waals surface area contributed by atoms with Gasteiger partial charge in [0.2, 0.25) is 5.91 Å². The maximum atomic E-state index is 13.9. The number of carbonyl (C=O) groups is 1. The minimum absolute atomic E-state index is 0.0284. The lowest BCUT2D eigenvalue weighted by atomic mass is 9.89. The Balaban J connectivity index is 1.57. The summed E-state index contributed by atoms with van der Waals surface area (Å²) in [5.74, 6) is 0.382. The second-order valence-corrected chi connectivity index (χ2v) is 7.59. The molecule has 144 valence electrons. The summed E-state index contributed by atoms with van der Waals surface area (Å²) < 4.78 is 21.0. The van der Waals surface area contributed by atoms with Crippen LogP contribution in [-0.2, 0) is 23.1 Å². The van der Waals surface area contributed by atoms with Gasteiger partial charge < -0.3 is 14.2 Å². The predicted octanol–water partition coefficient (Wildman–Crippen LogP) is 1.84. The zero-order valence-corrected chi connectivity index (χ0v) is 15.7. The highest BCUT2D eigenvalue weighted by Gasteiger charge is 2.49. The van der Waals surface area contributed by atoms with Crippen LogP contribution in [0.3, 0.4) is 0 Å². The number of aromatic nitrogens is 2. The molecule has 2 fully saturated rings. The number of carbonyl (C=O) groups excluding carboxylic acids is 1. The van der Waals surface area contributed by atoms with Crippen LogP contribution in [0.2, 0.25) is 0 Å². The topological polar surface area (TPSA) is 50.6 Å². The van der Waals surface area contributed by atoms with E-state index in [9.17, 15) is 9.18 Å². The van der Waals surface area contributed by atoms with Crippen LogP contribution in [0.15, 0.2) is 36.8 Å². The van der Waals surface area contributed by atoms with Crippen molar-refractivity contribution in [3.8, 4) is 0 Å². The van der Waals surface area contributed by atoms with Gasteiger partial charge in [-0.2, -0.15) is 0 Å². The molecule has 3 atom stereocenters. The Kier molecular flexibility index (Phi) is 4.97. The molecule has 1 amide bonds. The number of rotatable bonds is 5. The van der Waals surface area contributed by atoms with Gasteiger partial charge in [-0.25, -0.2) is 9.37 Å². The van der Waals surface area contributed by atoms with Gasteiger partial charge in [0.25, 0.3) is 0 Å². The summed E-state index contributed by atoms with van der Waals surface area (Å²) in [4.78, 5) is 21.1. The third-order valence-corrected chi connectivity index (χ3v) is 5.82. The molecule has 0 saturated carbocycles. The first kappa shape index (κ1) is 18.1. The fourth-order valence-electron chi connectivity index (χ4n) is 4.61. The SMILES string of the molecule is COCC(=O)N1C[C@H]2CN(Cc3cncn3C)C[C@H]2[C@@H]1c1cccc(F)c1. The van der Waals surface area contributed by atoms with Gasteiger partial charge in [0.15, 0.2) is 0 Å². The summed E-state index contributed by atoms with van der Waals surface area (Å²) in [5, 5.41) is 0. The number of benzene rings is 1. The number of fused-ring (bicyclic) bond motifs is 1. The molecule has 0 radical (unpaired) electrons. The monoisotopic (exact) mass is 372 g/mol. The van der Waals surface area contributed by atoms with Crippen molar-refractivity contribution in [2.24, 2.45) is 18.9 Å². The van der Waals surface area contributed by atoms with Crippen molar-refractivity contribution in [2.45, 2.75) is 12.6 Å². The van der Waals surface area contributed by atoms with Crippen molar-refractivity contribution >= 4 is 5.91 Å². The van der Waals surface area contributed by atoms with Crippen molar-refractivity contribution in [3.63, 3.8) is 0 Å². The van der Waals surface area contributed by atoms with Gasteiger partial charge in [-0.05, 0) is 23.6 Å². The quantitative estimate of drug-likeness (QED) is 0.804. The normalized spacial score (nSPS) is 25.1. The van der Waals surface area contributed by atoms with Crippen molar-refractivity contribution in [3.05, 3.63) is 53.9 Å². The van der Waals surface area contributed by atoms with Crippen LogP contribution in [0.4, 0.5) is 4.39 Å². The second-order valence-electron chi connectivity index (χ2n) is 7.59. The van der Waals surface area contributed by atoms with Crippen LogP contribution in [0, 0.1) is 17.7 Å². The number of methoxy groups -OCH3 is 1. The molecule has 4 rings (SSSR count). The fourth-order valence-corrected chi connectivity index (χ4v) is 4.61. The lowest BCUT2D eigenvalue weighted by Crippen LogP contribution is -2.37. The third-order valence-electron chi connectivity index (χ3n) is 5.82. The van der Waals surface area contributed by atoms with E-state index in [1.807, 2.05) is 35.1 Å². The number of hydrogen-bond acceptors (Lipinski definition) is 4. The molecule has 3 heterocycles. The van der Waals surface area contributed by atoms with E-state index in [4.69, 9.17) is 4.74 Å². The van der Waals surface area contributed by atoms with Crippen LogP contribution in [0.5, 0.6) is 0 Å². The van der Waals surface area contributed by atoms with Crippen LogP contribution in [0.25, 0.3) is 0 Å². The molecule has 0 unspecified atom stereocenters. The van der Waals surface area contributed by atoms with E-state index in [0.717, 1.165) is 25.2 Å². The van der Waals surface area contributed by atoms with Crippen molar-refractivity contribution in [1.29, 1.82) is 0 Å². The maximum absolute atomic E-state index is 13.9. The number of amides is 1. The van der Waals surface area contributed by atoms with E-state index in [-0.39, 0.29) is 24.4 Å². The minimum Gasteiger partial charge on any atom is -0.375 e. The Labute approximate surface area is 158 Å². The van der Waals surface area contributed by atoms with Gasteiger partial charge in [0, 0.05) is 52.5 Å². The van der Waals surface area contributed by atoms with E-state index in [2.05, 4.69) is 9.88 Å². The van der Waals surface area contributed by atoms with E-state index in [0.29, 0.717) is 18.4 Å². The molecule has 27 heavy (non-hydrogen) atoms. The molecule has 6 nitrogen and oxygen atoms in total. The molecule has 0 aliphatic carbocycles. The van der Waals surface area contributed by atoms with E-state index in [1.54, 1.807) is 12.1 Å². The van der Waals surface area contributed by atoms with Gasteiger partial charge >= 0.3 is 0 Å². The highest BCUT2D eigenvalue weighted by molar-refractivity contribution is 5.78. The molecule has 0 N–H and O–H groups in total. The second kappa shape index (κ2) is 7.40. The lowest BCUT2D eigenvalue weighted by Gasteiger charge is -2.30. The van der Waals surface area contributed by atoms with E-state index < -0.39 is 0 Å².